The molecule has 2 aliphatic rings. The van der Waals surface area contributed by atoms with Gasteiger partial charge in [-0.1, -0.05) is 12.1 Å². The molecule has 0 spiro atoms. The minimum atomic E-state index is -0.123. The Morgan fingerprint density at radius 1 is 1.10 bits per heavy atom. The number of anilines is 1. The van der Waals surface area contributed by atoms with Crippen molar-refractivity contribution < 1.29 is 14.3 Å². The number of hydrogen-bond donors (Lipinski definition) is 2. The maximum atomic E-state index is 12.9. The second-order valence-electron chi connectivity index (χ2n) is 7.32. The van der Waals surface area contributed by atoms with Gasteiger partial charge in [-0.2, -0.15) is 0 Å². The lowest BCUT2D eigenvalue weighted by molar-refractivity contribution is -0.117. The van der Waals surface area contributed by atoms with Crippen molar-refractivity contribution in [3.05, 3.63) is 63.9 Å². The Balaban J connectivity index is 1.29. The zero-order chi connectivity index (χ0) is 19.8. The first-order valence-electron chi connectivity index (χ1n) is 9.72. The normalized spacial score (nSPS) is 15.7. The molecule has 3 aromatic rings. The first-order chi connectivity index (χ1) is 14.2. The molecule has 29 heavy (non-hydrogen) atoms. The van der Waals surface area contributed by atoms with Crippen LogP contribution in [0.25, 0.3) is 10.9 Å². The van der Waals surface area contributed by atoms with Crippen LogP contribution in [-0.4, -0.2) is 42.1 Å². The number of fused-ring (bicyclic) bond motifs is 3. The van der Waals surface area contributed by atoms with E-state index in [1.54, 1.807) is 18.2 Å². The number of H-pyrrole nitrogens is 1. The molecule has 0 saturated heterocycles. The number of pyridine rings is 1. The third-order valence-corrected chi connectivity index (χ3v) is 5.35. The van der Waals surface area contributed by atoms with E-state index < -0.39 is 0 Å². The van der Waals surface area contributed by atoms with Crippen LogP contribution in [-0.2, 0) is 17.8 Å². The zero-order valence-electron chi connectivity index (χ0n) is 15.9. The average Bonchev–Trinajstić information content (AvgIpc) is 2.74. The van der Waals surface area contributed by atoms with Crippen LogP contribution in [0.1, 0.15) is 11.3 Å². The van der Waals surface area contributed by atoms with E-state index in [4.69, 9.17) is 9.47 Å². The minimum absolute atomic E-state index is 0.0475. The third kappa shape index (κ3) is 3.45. The molecule has 7 heteroatoms. The number of carbonyl (C=O) groups is 1. The zero-order valence-corrected chi connectivity index (χ0v) is 15.9. The SMILES string of the molecule is O=C(CN1CCc2[nH]c3ccccc3c(=O)c2C1)Nc1ccc2c(c1)OCCO2. The predicted octanol–water partition coefficient (Wildman–Crippen LogP) is 2.30. The number of ether oxygens (including phenoxy) is 2. The number of rotatable bonds is 3. The minimum Gasteiger partial charge on any atom is -0.486 e. The van der Waals surface area contributed by atoms with Gasteiger partial charge in [0.2, 0.25) is 5.91 Å². The van der Waals surface area contributed by atoms with Crippen molar-refractivity contribution in [3.8, 4) is 11.5 Å². The quantitative estimate of drug-likeness (QED) is 0.716. The molecule has 7 nitrogen and oxygen atoms in total. The van der Waals surface area contributed by atoms with Crippen LogP contribution in [0.3, 0.4) is 0 Å². The number of para-hydroxylation sites is 1. The van der Waals surface area contributed by atoms with Gasteiger partial charge in [0.15, 0.2) is 16.9 Å². The van der Waals surface area contributed by atoms with E-state index in [9.17, 15) is 9.59 Å². The summed E-state index contributed by atoms with van der Waals surface area (Å²) < 4.78 is 11.1. The number of amides is 1. The topological polar surface area (TPSA) is 83.7 Å². The van der Waals surface area contributed by atoms with Crippen molar-refractivity contribution >= 4 is 22.5 Å². The summed E-state index contributed by atoms with van der Waals surface area (Å²) >= 11 is 0. The molecule has 1 aromatic heterocycles. The predicted molar refractivity (Wildman–Crippen MR) is 110 cm³/mol. The van der Waals surface area contributed by atoms with Gasteiger partial charge in [-0.3, -0.25) is 14.5 Å². The van der Waals surface area contributed by atoms with Crippen molar-refractivity contribution in [1.29, 1.82) is 0 Å². The van der Waals surface area contributed by atoms with Crippen molar-refractivity contribution in [2.24, 2.45) is 0 Å². The third-order valence-electron chi connectivity index (χ3n) is 5.35. The smallest absolute Gasteiger partial charge is 0.238 e. The molecule has 0 atom stereocenters. The standard InChI is InChI=1S/C22H21N3O4/c26-21(23-14-5-6-19-20(11-14)29-10-9-28-19)13-25-8-7-18-16(12-25)22(27)15-3-1-2-4-17(15)24-18/h1-6,11H,7-10,12-13H2,(H,23,26)(H,24,27). The highest BCUT2D eigenvalue weighted by Crippen LogP contribution is 2.32. The van der Waals surface area contributed by atoms with Crippen LogP contribution < -0.4 is 20.2 Å². The summed E-state index contributed by atoms with van der Waals surface area (Å²) in [5, 5.41) is 3.59. The molecule has 3 heterocycles. The highest BCUT2D eigenvalue weighted by molar-refractivity contribution is 5.92. The molecule has 0 radical (unpaired) electrons. The maximum absolute atomic E-state index is 12.9. The molecule has 0 unspecified atom stereocenters. The lowest BCUT2D eigenvalue weighted by atomic mass is 10.0. The fraction of sp³-hybridized carbons (Fsp3) is 0.273. The second kappa shape index (κ2) is 7.25. The van der Waals surface area contributed by atoms with Crippen LogP contribution in [0.5, 0.6) is 11.5 Å². The molecular weight excluding hydrogens is 370 g/mol. The molecule has 0 bridgehead atoms. The Morgan fingerprint density at radius 3 is 2.83 bits per heavy atom. The van der Waals surface area contributed by atoms with Gasteiger partial charge in [-0.25, -0.2) is 0 Å². The number of nitrogens with one attached hydrogen (secondary N) is 2. The number of aromatic nitrogens is 1. The lowest BCUT2D eigenvalue weighted by Gasteiger charge is -2.28. The van der Waals surface area contributed by atoms with Gasteiger partial charge >= 0.3 is 0 Å². The van der Waals surface area contributed by atoms with E-state index in [-0.39, 0.29) is 17.9 Å². The van der Waals surface area contributed by atoms with Crippen LogP contribution >= 0.6 is 0 Å². The lowest BCUT2D eigenvalue weighted by Crippen LogP contribution is -2.39. The Morgan fingerprint density at radius 2 is 1.93 bits per heavy atom. The van der Waals surface area contributed by atoms with Gasteiger partial charge in [-0.05, 0) is 24.3 Å². The highest BCUT2D eigenvalue weighted by atomic mass is 16.6. The van der Waals surface area contributed by atoms with Crippen LogP contribution in [0.15, 0.2) is 47.3 Å². The number of nitrogens with zero attached hydrogens (tertiary/aromatic N) is 1. The summed E-state index contributed by atoms with van der Waals surface area (Å²) in [7, 11) is 0. The van der Waals surface area contributed by atoms with Crippen LogP contribution in [0.2, 0.25) is 0 Å². The summed E-state index contributed by atoms with van der Waals surface area (Å²) in [6, 6.07) is 12.9. The van der Waals surface area contributed by atoms with Crippen molar-refractivity contribution in [3.63, 3.8) is 0 Å². The Labute approximate surface area is 167 Å². The van der Waals surface area contributed by atoms with Crippen LogP contribution in [0, 0.1) is 0 Å². The molecule has 0 fully saturated rings. The first-order valence-corrected chi connectivity index (χ1v) is 9.72. The summed E-state index contributed by atoms with van der Waals surface area (Å²) in [6.45, 7) is 2.43. The Hall–Kier alpha value is -3.32. The first kappa shape index (κ1) is 17.8. The van der Waals surface area contributed by atoms with Gasteiger partial charge in [0, 0.05) is 53.4 Å². The molecule has 0 saturated carbocycles. The number of aromatic amines is 1. The van der Waals surface area contributed by atoms with Crippen molar-refractivity contribution in [2.75, 3.05) is 31.6 Å². The molecule has 2 aromatic carbocycles. The fourth-order valence-electron chi connectivity index (χ4n) is 3.94. The molecule has 0 aliphatic carbocycles. The molecule has 148 valence electrons. The maximum Gasteiger partial charge on any atom is 0.238 e. The monoisotopic (exact) mass is 391 g/mol. The summed E-state index contributed by atoms with van der Waals surface area (Å²) in [6.07, 6.45) is 0.715. The average molecular weight is 391 g/mol. The summed E-state index contributed by atoms with van der Waals surface area (Å²) in [5.41, 5.74) is 3.30. The van der Waals surface area contributed by atoms with E-state index in [1.165, 1.54) is 0 Å². The van der Waals surface area contributed by atoms with Crippen LogP contribution in [0.4, 0.5) is 5.69 Å². The summed E-state index contributed by atoms with van der Waals surface area (Å²) in [5.74, 6) is 1.20. The molecule has 2 N–H and O–H groups in total. The van der Waals surface area contributed by atoms with E-state index in [2.05, 4.69) is 10.3 Å². The van der Waals surface area contributed by atoms with E-state index in [0.717, 1.165) is 23.3 Å². The number of carbonyl (C=O) groups excluding carboxylic acids is 1. The largest absolute Gasteiger partial charge is 0.486 e. The van der Waals surface area contributed by atoms with Crippen molar-refractivity contribution in [1.82, 2.24) is 9.88 Å². The second-order valence-corrected chi connectivity index (χ2v) is 7.32. The van der Waals surface area contributed by atoms with Gasteiger partial charge in [0.25, 0.3) is 0 Å². The molecule has 1 amide bonds. The highest BCUT2D eigenvalue weighted by Gasteiger charge is 2.22. The van der Waals surface area contributed by atoms with Gasteiger partial charge < -0.3 is 19.8 Å². The Kier molecular flexibility index (Phi) is 4.44. The molecule has 2 aliphatic heterocycles. The Bertz CT molecular complexity index is 1150. The van der Waals surface area contributed by atoms with Crippen molar-refractivity contribution in [2.45, 2.75) is 13.0 Å². The molecular formula is C22H21N3O4. The van der Waals surface area contributed by atoms with Gasteiger partial charge in [-0.15, -0.1) is 0 Å². The van der Waals surface area contributed by atoms with Gasteiger partial charge in [0.05, 0.1) is 6.54 Å². The van der Waals surface area contributed by atoms with E-state index in [1.807, 2.05) is 29.2 Å². The molecule has 5 rings (SSSR count). The summed E-state index contributed by atoms with van der Waals surface area (Å²) in [4.78, 5) is 30.8. The van der Waals surface area contributed by atoms with E-state index >= 15 is 0 Å². The number of hydrogen-bond acceptors (Lipinski definition) is 5. The number of benzene rings is 2. The van der Waals surface area contributed by atoms with Gasteiger partial charge in [0.1, 0.15) is 13.2 Å². The van der Waals surface area contributed by atoms with E-state index in [0.29, 0.717) is 48.8 Å². The fourth-order valence-corrected chi connectivity index (χ4v) is 3.94.